The average Bonchev–Trinajstić information content (AvgIpc) is 3.38. The smallest absolute Gasteiger partial charge is 0.387 e. The topological polar surface area (TPSA) is 105 Å². The lowest BCUT2D eigenvalue weighted by atomic mass is 10.0. The van der Waals surface area contributed by atoms with Crippen LogP contribution in [-0.4, -0.2) is 73.4 Å². The summed E-state index contributed by atoms with van der Waals surface area (Å²) in [4.78, 5) is 23.4. The van der Waals surface area contributed by atoms with Gasteiger partial charge in [-0.05, 0) is 70.6 Å². The molecule has 9 heteroatoms. The minimum atomic E-state index is -4.36. The molecule has 0 aliphatic rings. The van der Waals surface area contributed by atoms with Crippen molar-refractivity contribution < 1.29 is 32.9 Å². The number of nitrogens with zero attached hydrogens (tertiary/aromatic N) is 1. The molecule has 448 valence electrons. The number of amides is 1. The fourth-order valence-corrected chi connectivity index (χ4v) is 10.6. The molecule has 76 heavy (non-hydrogen) atoms. The summed E-state index contributed by atoms with van der Waals surface area (Å²) in [5.41, 5.74) is 0. The van der Waals surface area contributed by atoms with Crippen molar-refractivity contribution in [2.24, 2.45) is 0 Å². The van der Waals surface area contributed by atoms with Crippen molar-refractivity contribution in [1.82, 2.24) is 5.32 Å². The number of likely N-dealkylation sites (N-methyl/N-ethyl adjacent to an activating group) is 1. The second kappa shape index (κ2) is 58.1. The molecule has 0 fully saturated rings. The quantitative estimate of drug-likeness (QED) is 0.0243. The van der Waals surface area contributed by atoms with E-state index >= 15 is 0 Å². The van der Waals surface area contributed by atoms with Crippen molar-refractivity contribution in [2.45, 2.75) is 334 Å². The molecule has 0 bridgehead atoms. The van der Waals surface area contributed by atoms with Crippen molar-refractivity contribution in [3.63, 3.8) is 0 Å². The van der Waals surface area contributed by atoms with Gasteiger partial charge < -0.3 is 19.8 Å². The minimum Gasteiger partial charge on any atom is -0.387 e. The molecule has 0 aliphatic heterocycles. The number of phosphoric ester groups is 1. The Morgan fingerprint density at radius 2 is 0.724 bits per heavy atom. The SMILES string of the molecule is CCCCCCCCCCCCCC/C=C\CCCCCCCCCCCCCCCCC(=O)NC(COP(=O)(O)OCC[N+](C)(C)C)C(O)/C=C/CC/C=C/CC/C=C/CCCCCCCCCCCCCCCC. The van der Waals surface area contributed by atoms with Crippen LogP contribution < -0.4 is 5.32 Å². The Morgan fingerprint density at radius 1 is 0.434 bits per heavy atom. The number of carbonyl (C=O) groups excluding carboxylic acids is 1. The molecule has 0 heterocycles. The Kier molecular flexibility index (Phi) is 56.9. The summed E-state index contributed by atoms with van der Waals surface area (Å²) >= 11 is 0. The fraction of sp³-hybridized carbons (Fsp3) is 0.866. The number of aliphatic hydroxyl groups is 1. The lowest BCUT2D eigenvalue weighted by Gasteiger charge is -2.25. The number of rotatable bonds is 61. The van der Waals surface area contributed by atoms with Crippen LogP contribution in [0.4, 0.5) is 0 Å². The van der Waals surface area contributed by atoms with Crippen molar-refractivity contribution in [1.29, 1.82) is 0 Å². The molecule has 0 aliphatic carbocycles. The van der Waals surface area contributed by atoms with Crippen LogP contribution in [0.3, 0.4) is 0 Å². The summed E-state index contributed by atoms with van der Waals surface area (Å²) in [6.07, 6.45) is 78.2. The molecule has 1 amide bonds. The van der Waals surface area contributed by atoms with Crippen LogP contribution in [0.15, 0.2) is 48.6 Å². The normalized spacial score (nSPS) is 14.0. The molecule has 0 spiro atoms. The number of hydrogen-bond acceptors (Lipinski definition) is 5. The molecule has 0 saturated heterocycles. The van der Waals surface area contributed by atoms with Crippen LogP contribution in [0.25, 0.3) is 0 Å². The highest BCUT2D eigenvalue weighted by molar-refractivity contribution is 7.47. The first-order chi connectivity index (χ1) is 37.0. The van der Waals surface area contributed by atoms with Crippen LogP contribution in [0.2, 0.25) is 0 Å². The number of phosphoric acid groups is 1. The maximum atomic E-state index is 13.0. The van der Waals surface area contributed by atoms with E-state index in [4.69, 9.17) is 9.05 Å². The second-order valence-corrected chi connectivity index (χ2v) is 25.3. The van der Waals surface area contributed by atoms with Crippen molar-refractivity contribution in [2.75, 3.05) is 40.9 Å². The van der Waals surface area contributed by atoms with E-state index in [2.05, 4.69) is 55.6 Å². The molecule has 3 N–H and O–H groups in total. The largest absolute Gasteiger partial charge is 0.472 e. The van der Waals surface area contributed by atoms with Crippen LogP contribution in [-0.2, 0) is 18.4 Å². The Morgan fingerprint density at radius 3 is 1.05 bits per heavy atom. The van der Waals surface area contributed by atoms with Gasteiger partial charge in [-0.25, -0.2) is 4.57 Å². The van der Waals surface area contributed by atoms with Crippen LogP contribution in [0.5, 0.6) is 0 Å². The van der Waals surface area contributed by atoms with Gasteiger partial charge >= 0.3 is 7.82 Å². The standard InChI is InChI=1S/C67H129N2O6P/c1-6-8-10-12-14-16-18-20-22-24-26-28-30-32-33-34-35-36-37-39-41-43-45-47-49-51-53-55-57-59-61-67(71)68-65(64-75-76(72,73)74-63-62-69(3,4)5)66(70)60-58-56-54-52-50-48-46-44-42-40-38-31-29-27-25-23-21-19-17-15-13-11-9-7-2/h32-33,42,44,50,52,58,60,65-66,70H,6-31,34-41,43,45-49,51,53-57,59,61-64H2,1-5H3,(H-,68,71,72,73)/p+1/b33-32-,44-42+,52-50+,60-58+. The lowest BCUT2D eigenvalue weighted by molar-refractivity contribution is -0.870. The maximum absolute atomic E-state index is 13.0. The zero-order valence-electron chi connectivity index (χ0n) is 51.3. The van der Waals surface area contributed by atoms with Gasteiger partial charge in [-0.3, -0.25) is 13.8 Å². The molecule has 0 aromatic heterocycles. The van der Waals surface area contributed by atoms with E-state index in [1.54, 1.807) is 6.08 Å². The minimum absolute atomic E-state index is 0.0538. The number of allylic oxidation sites excluding steroid dienone is 7. The summed E-state index contributed by atoms with van der Waals surface area (Å²) in [5, 5.41) is 14.0. The predicted octanol–water partition coefficient (Wildman–Crippen LogP) is 20.7. The Labute approximate surface area is 473 Å². The predicted molar refractivity (Wildman–Crippen MR) is 332 cm³/mol. The molecule has 0 radical (unpaired) electrons. The third-order valence-corrected chi connectivity index (χ3v) is 16.0. The first-order valence-electron chi connectivity index (χ1n) is 33.0. The summed E-state index contributed by atoms with van der Waals surface area (Å²) < 4.78 is 23.8. The van der Waals surface area contributed by atoms with E-state index in [1.165, 1.54) is 257 Å². The van der Waals surface area contributed by atoms with E-state index in [0.29, 0.717) is 17.4 Å². The second-order valence-electron chi connectivity index (χ2n) is 23.8. The molecular weight excluding hydrogens is 960 g/mol. The molecule has 3 atom stereocenters. The molecule has 0 saturated carbocycles. The van der Waals surface area contributed by atoms with E-state index < -0.39 is 20.0 Å². The highest BCUT2D eigenvalue weighted by atomic mass is 31.2. The molecule has 0 aromatic carbocycles. The number of nitrogens with one attached hydrogen (secondary N) is 1. The number of aliphatic hydroxyl groups excluding tert-OH is 1. The number of carbonyl (C=O) groups is 1. The zero-order valence-corrected chi connectivity index (χ0v) is 52.2. The molecular formula is C67H130N2O6P+. The van der Waals surface area contributed by atoms with Gasteiger partial charge in [0.05, 0.1) is 39.9 Å². The first kappa shape index (κ1) is 74.5. The van der Waals surface area contributed by atoms with Crippen molar-refractivity contribution in [3.8, 4) is 0 Å². The number of quaternary nitrogens is 1. The van der Waals surface area contributed by atoms with Gasteiger partial charge in [0, 0.05) is 6.42 Å². The van der Waals surface area contributed by atoms with E-state index in [1.807, 2.05) is 27.2 Å². The first-order valence-corrected chi connectivity index (χ1v) is 34.5. The van der Waals surface area contributed by atoms with E-state index in [0.717, 1.165) is 44.9 Å². The molecule has 8 nitrogen and oxygen atoms in total. The van der Waals surface area contributed by atoms with Crippen molar-refractivity contribution in [3.05, 3.63) is 48.6 Å². The Balaban J connectivity index is 4.15. The molecule has 0 aromatic rings. The van der Waals surface area contributed by atoms with Gasteiger partial charge in [-0.15, -0.1) is 0 Å². The van der Waals surface area contributed by atoms with E-state index in [-0.39, 0.29) is 19.1 Å². The lowest BCUT2D eigenvalue weighted by Crippen LogP contribution is -2.45. The van der Waals surface area contributed by atoms with Crippen LogP contribution in [0, 0.1) is 0 Å². The third-order valence-electron chi connectivity index (χ3n) is 15.0. The van der Waals surface area contributed by atoms with Gasteiger partial charge in [0.25, 0.3) is 0 Å². The van der Waals surface area contributed by atoms with Gasteiger partial charge in [0.15, 0.2) is 0 Å². The van der Waals surface area contributed by atoms with Gasteiger partial charge in [0.2, 0.25) is 5.91 Å². The molecule has 3 unspecified atom stereocenters. The zero-order chi connectivity index (χ0) is 55.6. The summed E-state index contributed by atoms with van der Waals surface area (Å²) in [6, 6.07) is -0.871. The van der Waals surface area contributed by atoms with Gasteiger partial charge in [-0.1, -0.05) is 294 Å². The number of hydrogen-bond donors (Lipinski definition) is 3. The summed E-state index contributed by atoms with van der Waals surface area (Å²) in [6.45, 7) is 4.83. The monoisotopic (exact) mass is 1090 g/mol. The third kappa shape index (κ3) is 60.1. The molecule has 0 rings (SSSR count). The highest BCUT2D eigenvalue weighted by Crippen LogP contribution is 2.43. The summed E-state index contributed by atoms with van der Waals surface area (Å²) in [7, 11) is 1.56. The van der Waals surface area contributed by atoms with E-state index in [9.17, 15) is 19.4 Å². The van der Waals surface area contributed by atoms with Crippen LogP contribution >= 0.6 is 7.82 Å². The summed E-state index contributed by atoms with van der Waals surface area (Å²) in [5.74, 6) is -0.187. The maximum Gasteiger partial charge on any atom is 0.472 e. The highest BCUT2D eigenvalue weighted by Gasteiger charge is 2.28. The Hall–Kier alpha value is -1.54. The fourth-order valence-electron chi connectivity index (χ4n) is 9.84. The average molecular weight is 1090 g/mol. The Bertz CT molecular complexity index is 1380. The van der Waals surface area contributed by atoms with Crippen molar-refractivity contribution >= 4 is 13.7 Å². The van der Waals surface area contributed by atoms with Gasteiger partial charge in [0.1, 0.15) is 13.2 Å². The number of unbranched alkanes of at least 4 members (excludes halogenated alkanes) is 42. The van der Waals surface area contributed by atoms with Gasteiger partial charge in [-0.2, -0.15) is 0 Å². The van der Waals surface area contributed by atoms with Crippen LogP contribution in [0.1, 0.15) is 322 Å².